The van der Waals surface area contributed by atoms with Crippen molar-refractivity contribution in [3.8, 4) is 5.75 Å². The van der Waals surface area contributed by atoms with Crippen molar-refractivity contribution in [1.29, 1.82) is 0 Å². The molecule has 0 aromatic heterocycles. The minimum atomic E-state index is -0.358. The van der Waals surface area contributed by atoms with E-state index in [1.807, 2.05) is 4.90 Å². The van der Waals surface area contributed by atoms with Crippen molar-refractivity contribution in [2.75, 3.05) is 6.54 Å². The quantitative estimate of drug-likeness (QED) is 0.777. The van der Waals surface area contributed by atoms with Gasteiger partial charge in [0.05, 0.1) is 0 Å². The second-order valence-corrected chi connectivity index (χ2v) is 5.24. The van der Waals surface area contributed by atoms with Crippen LogP contribution in [0.5, 0.6) is 5.75 Å². The molecule has 100 valence electrons. The van der Waals surface area contributed by atoms with Gasteiger partial charge in [-0.05, 0) is 44.0 Å². The van der Waals surface area contributed by atoms with E-state index < -0.39 is 0 Å². The van der Waals surface area contributed by atoms with Gasteiger partial charge in [0.2, 0.25) is 0 Å². The highest BCUT2D eigenvalue weighted by Crippen LogP contribution is 2.31. The average Bonchev–Trinajstić information content (AvgIpc) is 3.17. The number of hydrogen-bond donors (Lipinski definition) is 0. The van der Waals surface area contributed by atoms with E-state index in [0.29, 0.717) is 17.4 Å². The summed E-state index contributed by atoms with van der Waals surface area (Å²) in [6, 6.07) is 7.43. The summed E-state index contributed by atoms with van der Waals surface area (Å²) < 4.78 is 5.73. The number of nitrogens with zero attached hydrogens (tertiary/aromatic N) is 1. The molecule has 0 radical (unpaired) electrons. The summed E-state index contributed by atoms with van der Waals surface area (Å²) in [5.41, 5.74) is 0.657. The lowest BCUT2D eigenvalue weighted by Gasteiger charge is -2.16. The highest BCUT2D eigenvalue weighted by Gasteiger charge is 2.41. The van der Waals surface area contributed by atoms with Crippen LogP contribution in [0.1, 0.15) is 36.5 Å². The van der Waals surface area contributed by atoms with Gasteiger partial charge in [-0.2, -0.15) is 0 Å². The zero-order valence-corrected chi connectivity index (χ0v) is 11.0. The molecule has 1 heterocycles. The molecule has 1 amide bonds. The fraction of sp³-hybridized carbons (Fsp3) is 0.467. The molecule has 1 aromatic carbocycles. The van der Waals surface area contributed by atoms with Crippen LogP contribution in [-0.2, 0) is 4.79 Å². The number of benzene rings is 1. The molecule has 1 aliphatic heterocycles. The van der Waals surface area contributed by atoms with Crippen molar-refractivity contribution in [2.45, 2.75) is 38.3 Å². The zero-order chi connectivity index (χ0) is 13.4. The standard InChI is InChI=1S/C15H17NO3/c1-10(17)11-2-6-13(7-3-11)19-14-8-9-16(15(14)18)12-4-5-12/h2-3,6-7,12,14H,4-5,8-9H2,1H3/t14-/m1/s1. The summed E-state index contributed by atoms with van der Waals surface area (Å²) in [6.07, 6.45) is 2.66. The van der Waals surface area contributed by atoms with Gasteiger partial charge in [0.1, 0.15) is 5.75 Å². The van der Waals surface area contributed by atoms with Gasteiger partial charge >= 0.3 is 0 Å². The molecular formula is C15H17NO3. The summed E-state index contributed by atoms with van der Waals surface area (Å²) in [7, 11) is 0. The van der Waals surface area contributed by atoms with Crippen molar-refractivity contribution >= 4 is 11.7 Å². The molecule has 19 heavy (non-hydrogen) atoms. The molecule has 1 atom stereocenters. The van der Waals surface area contributed by atoms with Crippen molar-refractivity contribution in [3.63, 3.8) is 0 Å². The van der Waals surface area contributed by atoms with Crippen LogP contribution in [0, 0.1) is 0 Å². The summed E-state index contributed by atoms with van der Waals surface area (Å²) in [4.78, 5) is 25.2. The van der Waals surface area contributed by atoms with Crippen LogP contribution < -0.4 is 4.74 Å². The Kier molecular flexibility index (Phi) is 3.01. The summed E-state index contributed by atoms with van der Waals surface area (Å²) in [6.45, 7) is 2.34. The molecule has 3 rings (SSSR count). The first-order valence-electron chi connectivity index (χ1n) is 6.73. The second-order valence-electron chi connectivity index (χ2n) is 5.24. The van der Waals surface area contributed by atoms with Crippen molar-refractivity contribution < 1.29 is 14.3 Å². The molecule has 1 saturated carbocycles. The normalized spacial score (nSPS) is 22.7. The van der Waals surface area contributed by atoms with E-state index in [2.05, 4.69) is 0 Å². The van der Waals surface area contributed by atoms with Crippen LogP contribution >= 0.6 is 0 Å². The third-order valence-electron chi connectivity index (χ3n) is 3.72. The molecule has 0 bridgehead atoms. The zero-order valence-electron chi connectivity index (χ0n) is 11.0. The van der Waals surface area contributed by atoms with Gasteiger partial charge in [-0.3, -0.25) is 9.59 Å². The van der Waals surface area contributed by atoms with Gasteiger partial charge in [-0.25, -0.2) is 0 Å². The Bertz CT molecular complexity index is 505. The number of ether oxygens (including phenoxy) is 1. The van der Waals surface area contributed by atoms with Gasteiger partial charge in [0.25, 0.3) is 5.91 Å². The number of hydrogen-bond acceptors (Lipinski definition) is 3. The van der Waals surface area contributed by atoms with Crippen LogP contribution in [0.2, 0.25) is 0 Å². The van der Waals surface area contributed by atoms with E-state index in [4.69, 9.17) is 4.74 Å². The summed E-state index contributed by atoms with van der Waals surface area (Å²) >= 11 is 0. The maximum atomic E-state index is 12.1. The van der Waals surface area contributed by atoms with E-state index >= 15 is 0 Å². The molecule has 4 nitrogen and oxygen atoms in total. The van der Waals surface area contributed by atoms with E-state index in [1.54, 1.807) is 24.3 Å². The molecular weight excluding hydrogens is 242 g/mol. The Morgan fingerprint density at radius 3 is 2.47 bits per heavy atom. The monoisotopic (exact) mass is 259 g/mol. The van der Waals surface area contributed by atoms with Crippen LogP contribution in [0.25, 0.3) is 0 Å². The van der Waals surface area contributed by atoms with Crippen LogP contribution in [-0.4, -0.2) is 35.3 Å². The number of Topliss-reactive ketones (excluding diaryl/α,β-unsaturated/α-hetero) is 1. The largest absolute Gasteiger partial charge is 0.481 e. The smallest absolute Gasteiger partial charge is 0.263 e. The Balaban J connectivity index is 1.65. The minimum Gasteiger partial charge on any atom is -0.481 e. The fourth-order valence-corrected chi connectivity index (χ4v) is 2.47. The third-order valence-corrected chi connectivity index (χ3v) is 3.72. The van der Waals surface area contributed by atoms with Gasteiger partial charge in [0.15, 0.2) is 11.9 Å². The van der Waals surface area contributed by atoms with E-state index in [1.165, 1.54) is 6.92 Å². The van der Waals surface area contributed by atoms with Crippen LogP contribution in [0.3, 0.4) is 0 Å². The Morgan fingerprint density at radius 2 is 1.89 bits per heavy atom. The van der Waals surface area contributed by atoms with Gasteiger partial charge in [0, 0.05) is 24.6 Å². The SMILES string of the molecule is CC(=O)c1ccc(O[C@@H]2CCN(C3CC3)C2=O)cc1. The third kappa shape index (κ3) is 2.48. The molecule has 1 aliphatic carbocycles. The fourth-order valence-electron chi connectivity index (χ4n) is 2.47. The Labute approximate surface area is 112 Å². The average molecular weight is 259 g/mol. The van der Waals surface area contributed by atoms with E-state index in [0.717, 1.165) is 25.8 Å². The summed E-state index contributed by atoms with van der Waals surface area (Å²) in [5.74, 6) is 0.794. The highest BCUT2D eigenvalue weighted by atomic mass is 16.5. The van der Waals surface area contributed by atoms with E-state index in [-0.39, 0.29) is 17.8 Å². The van der Waals surface area contributed by atoms with Crippen molar-refractivity contribution in [2.24, 2.45) is 0 Å². The molecule has 0 N–H and O–H groups in total. The van der Waals surface area contributed by atoms with Crippen LogP contribution in [0.15, 0.2) is 24.3 Å². The van der Waals surface area contributed by atoms with Gasteiger partial charge in [-0.15, -0.1) is 0 Å². The molecule has 2 aliphatic rings. The predicted octanol–water partition coefficient (Wildman–Crippen LogP) is 2.03. The van der Waals surface area contributed by atoms with Gasteiger partial charge < -0.3 is 9.64 Å². The second kappa shape index (κ2) is 4.68. The molecule has 1 aromatic rings. The maximum absolute atomic E-state index is 12.1. The number of carbonyl (C=O) groups is 2. The van der Waals surface area contributed by atoms with Crippen molar-refractivity contribution in [1.82, 2.24) is 4.90 Å². The molecule has 0 spiro atoms. The minimum absolute atomic E-state index is 0.0309. The lowest BCUT2D eigenvalue weighted by atomic mass is 10.1. The predicted molar refractivity (Wildman–Crippen MR) is 70.2 cm³/mol. The van der Waals surface area contributed by atoms with Gasteiger partial charge in [-0.1, -0.05) is 0 Å². The first-order valence-corrected chi connectivity index (χ1v) is 6.73. The highest BCUT2D eigenvalue weighted by molar-refractivity contribution is 5.94. The Hall–Kier alpha value is -1.84. The summed E-state index contributed by atoms with van der Waals surface area (Å²) in [5, 5.41) is 0. The number of carbonyl (C=O) groups excluding carboxylic acids is 2. The number of likely N-dealkylation sites (tertiary alicyclic amines) is 1. The maximum Gasteiger partial charge on any atom is 0.263 e. The lowest BCUT2D eigenvalue weighted by Crippen LogP contribution is -2.33. The molecule has 4 heteroatoms. The molecule has 1 saturated heterocycles. The number of ketones is 1. The topological polar surface area (TPSA) is 46.6 Å². The number of amides is 1. The first kappa shape index (κ1) is 12.2. The van der Waals surface area contributed by atoms with Crippen LogP contribution in [0.4, 0.5) is 0 Å². The first-order chi connectivity index (χ1) is 9.15. The lowest BCUT2D eigenvalue weighted by molar-refractivity contribution is -0.133. The van der Waals surface area contributed by atoms with E-state index in [9.17, 15) is 9.59 Å². The van der Waals surface area contributed by atoms with Crippen molar-refractivity contribution in [3.05, 3.63) is 29.8 Å². The molecule has 2 fully saturated rings. The Morgan fingerprint density at radius 1 is 1.21 bits per heavy atom. The number of rotatable bonds is 4. The molecule has 0 unspecified atom stereocenters.